The van der Waals surface area contributed by atoms with Crippen molar-refractivity contribution >= 4 is 11.9 Å². The topological polar surface area (TPSA) is 57.2 Å². The van der Waals surface area contributed by atoms with E-state index in [2.05, 4.69) is 15.0 Å². The van der Waals surface area contributed by atoms with E-state index in [1.165, 1.54) is 17.0 Å². The highest BCUT2D eigenvalue weighted by Gasteiger charge is 2.09. The molecule has 0 saturated heterocycles. The van der Waals surface area contributed by atoms with E-state index in [1.54, 1.807) is 33.3 Å². The summed E-state index contributed by atoms with van der Waals surface area (Å²) in [5.41, 5.74) is 0.923. The number of halogens is 2. The van der Waals surface area contributed by atoms with E-state index >= 15 is 0 Å². The molecule has 0 unspecified atom stereocenters. The Hall–Kier alpha value is -2.38. The third kappa shape index (κ3) is 6.80. The van der Waals surface area contributed by atoms with Crippen molar-refractivity contribution in [3.63, 3.8) is 0 Å². The van der Waals surface area contributed by atoms with Gasteiger partial charge >= 0.3 is 6.61 Å². The summed E-state index contributed by atoms with van der Waals surface area (Å²) < 4.78 is 28.6. The fourth-order valence-electron chi connectivity index (χ4n) is 2.01. The maximum absolute atomic E-state index is 12.1. The normalized spacial score (nSPS) is 11.4. The van der Waals surface area contributed by atoms with Gasteiger partial charge in [-0.3, -0.25) is 9.79 Å². The molecular formula is C16H24F2N4O2. The van der Waals surface area contributed by atoms with E-state index < -0.39 is 6.61 Å². The second-order valence-corrected chi connectivity index (χ2v) is 5.39. The molecule has 8 heteroatoms. The first-order valence-electron chi connectivity index (χ1n) is 7.49. The predicted molar refractivity (Wildman–Crippen MR) is 89.2 cm³/mol. The zero-order valence-corrected chi connectivity index (χ0v) is 14.4. The van der Waals surface area contributed by atoms with Gasteiger partial charge in [0.25, 0.3) is 0 Å². The summed E-state index contributed by atoms with van der Waals surface area (Å²) in [5, 5.41) is 3.12. The van der Waals surface area contributed by atoms with E-state index in [0.717, 1.165) is 5.56 Å². The summed E-state index contributed by atoms with van der Waals surface area (Å²) in [7, 11) is 6.94. The SMILES string of the molecule is CN=C(NCCC(=O)N(C)C)N(C)Cc1ccc(OC(F)F)cc1. The average Bonchev–Trinajstić information content (AvgIpc) is 2.52. The molecule has 0 fully saturated rings. The van der Waals surface area contributed by atoms with Gasteiger partial charge in [0.05, 0.1) is 0 Å². The molecule has 6 nitrogen and oxygen atoms in total. The van der Waals surface area contributed by atoms with Crippen LogP contribution < -0.4 is 10.1 Å². The summed E-state index contributed by atoms with van der Waals surface area (Å²) in [6, 6.07) is 6.44. The monoisotopic (exact) mass is 342 g/mol. The van der Waals surface area contributed by atoms with Gasteiger partial charge in [0, 0.05) is 47.7 Å². The minimum absolute atomic E-state index is 0.0372. The zero-order valence-electron chi connectivity index (χ0n) is 14.4. The molecule has 0 radical (unpaired) electrons. The molecule has 1 rings (SSSR count). The van der Waals surface area contributed by atoms with Crippen molar-refractivity contribution in [2.24, 2.45) is 4.99 Å². The van der Waals surface area contributed by atoms with Gasteiger partial charge in [-0.25, -0.2) is 0 Å². The van der Waals surface area contributed by atoms with Gasteiger partial charge in [0.1, 0.15) is 5.75 Å². The molecule has 0 aliphatic carbocycles. The Morgan fingerprint density at radius 3 is 2.38 bits per heavy atom. The number of rotatable bonds is 7. The standard InChI is InChI=1S/C16H24F2N4O2/c1-19-16(20-10-9-14(23)21(2)3)22(4)11-12-5-7-13(8-6-12)24-15(17)18/h5-8,15H,9-11H2,1-4H3,(H,19,20). The maximum atomic E-state index is 12.1. The molecule has 1 aromatic rings. The smallest absolute Gasteiger partial charge is 0.387 e. The highest BCUT2D eigenvalue weighted by molar-refractivity contribution is 5.81. The third-order valence-corrected chi connectivity index (χ3v) is 3.26. The van der Waals surface area contributed by atoms with Crippen molar-refractivity contribution in [3.05, 3.63) is 29.8 Å². The van der Waals surface area contributed by atoms with Gasteiger partial charge in [0.15, 0.2) is 5.96 Å². The first-order chi connectivity index (χ1) is 11.3. The lowest BCUT2D eigenvalue weighted by molar-refractivity contribution is -0.128. The lowest BCUT2D eigenvalue weighted by atomic mass is 10.2. The fourth-order valence-corrected chi connectivity index (χ4v) is 2.01. The van der Waals surface area contributed by atoms with Gasteiger partial charge in [-0.15, -0.1) is 0 Å². The molecule has 1 N–H and O–H groups in total. The largest absolute Gasteiger partial charge is 0.435 e. The summed E-state index contributed by atoms with van der Waals surface area (Å²) in [5.74, 6) is 0.811. The lowest BCUT2D eigenvalue weighted by Crippen LogP contribution is -2.40. The van der Waals surface area contributed by atoms with Crippen LogP contribution in [0, 0.1) is 0 Å². The van der Waals surface area contributed by atoms with Crippen LogP contribution in [0.5, 0.6) is 5.75 Å². The lowest BCUT2D eigenvalue weighted by Gasteiger charge is -2.22. The van der Waals surface area contributed by atoms with E-state index in [4.69, 9.17) is 0 Å². The number of nitrogens with one attached hydrogen (secondary N) is 1. The molecule has 0 heterocycles. The van der Waals surface area contributed by atoms with E-state index in [9.17, 15) is 13.6 Å². The Morgan fingerprint density at radius 2 is 1.88 bits per heavy atom. The van der Waals surface area contributed by atoms with Crippen LogP contribution in [0.2, 0.25) is 0 Å². The highest BCUT2D eigenvalue weighted by Crippen LogP contribution is 2.15. The number of carbonyl (C=O) groups excluding carboxylic acids is 1. The maximum Gasteiger partial charge on any atom is 0.387 e. The quantitative estimate of drug-likeness (QED) is 0.606. The van der Waals surface area contributed by atoms with Crippen molar-refractivity contribution in [2.45, 2.75) is 19.6 Å². The van der Waals surface area contributed by atoms with Crippen molar-refractivity contribution in [1.82, 2.24) is 15.1 Å². The second-order valence-electron chi connectivity index (χ2n) is 5.39. The second kappa shape index (κ2) is 9.69. The fraction of sp³-hybridized carbons (Fsp3) is 0.500. The number of carbonyl (C=O) groups is 1. The Bertz CT molecular complexity index is 548. The molecule has 134 valence electrons. The first kappa shape index (κ1) is 19.7. The van der Waals surface area contributed by atoms with Crippen LogP contribution in [-0.2, 0) is 11.3 Å². The number of ether oxygens (including phenoxy) is 1. The molecule has 0 bridgehead atoms. The molecule has 0 aromatic heterocycles. The summed E-state index contributed by atoms with van der Waals surface area (Å²) >= 11 is 0. The number of amides is 1. The number of hydrogen-bond acceptors (Lipinski definition) is 3. The molecule has 24 heavy (non-hydrogen) atoms. The molecule has 0 aliphatic heterocycles. The molecule has 1 aromatic carbocycles. The van der Waals surface area contributed by atoms with Crippen LogP contribution >= 0.6 is 0 Å². The first-order valence-corrected chi connectivity index (χ1v) is 7.49. The number of aliphatic imine (C=N–C) groups is 1. The number of guanidine groups is 1. The van der Waals surface area contributed by atoms with Crippen molar-refractivity contribution < 1.29 is 18.3 Å². The van der Waals surface area contributed by atoms with Crippen molar-refractivity contribution in [3.8, 4) is 5.75 Å². The predicted octanol–water partition coefficient (Wildman–Crippen LogP) is 1.77. The van der Waals surface area contributed by atoms with Crippen LogP contribution in [0.25, 0.3) is 0 Å². The van der Waals surface area contributed by atoms with Gasteiger partial charge in [0.2, 0.25) is 5.91 Å². The molecule has 0 atom stereocenters. The number of benzene rings is 1. The van der Waals surface area contributed by atoms with Gasteiger partial charge in [-0.05, 0) is 17.7 Å². The number of nitrogens with zero attached hydrogens (tertiary/aromatic N) is 3. The Kier molecular flexibility index (Phi) is 7.94. The van der Waals surface area contributed by atoms with Gasteiger partial charge < -0.3 is 19.9 Å². The summed E-state index contributed by atoms with van der Waals surface area (Å²) in [6.07, 6.45) is 0.375. The molecule has 0 spiro atoms. The van der Waals surface area contributed by atoms with Crippen LogP contribution in [0.3, 0.4) is 0 Å². The average molecular weight is 342 g/mol. The third-order valence-electron chi connectivity index (χ3n) is 3.26. The van der Waals surface area contributed by atoms with Crippen LogP contribution in [0.15, 0.2) is 29.3 Å². The highest BCUT2D eigenvalue weighted by atomic mass is 19.3. The van der Waals surface area contributed by atoms with E-state index in [-0.39, 0.29) is 11.7 Å². The van der Waals surface area contributed by atoms with Gasteiger partial charge in [-0.1, -0.05) is 12.1 Å². The molecular weight excluding hydrogens is 318 g/mol. The van der Waals surface area contributed by atoms with Crippen LogP contribution in [0.4, 0.5) is 8.78 Å². The Balaban J connectivity index is 2.52. The summed E-state index contributed by atoms with van der Waals surface area (Å²) in [4.78, 5) is 19.1. The van der Waals surface area contributed by atoms with Gasteiger partial charge in [-0.2, -0.15) is 8.78 Å². The molecule has 0 aliphatic rings. The van der Waals surface area contributed by atoms with E-state index in [1.807, 2.05) is 11.9 Å². The molecule has 0 saturated carbocycles. The summed E-state index contributed by atoms with van der Waals surface area (Å²) in [6.45, 7) is -1.81. The van der Waals surface area contributed by atoms with Crippen molar-refractivity contribution in [1.29, 1.82) is 0 Å². The van der Waals surface area contributed by atoms with Crippen LogP contribution in [-0.4, -0.2) is 63.0 Å². The minimum atomic E-state index is -2.83. The number of hydrogen-bond donors (Lipinski definition) is 1. The van der Waals surface area contributed by atoms with Crippen LogP contribution in [0.1, 0.15) is 12.0 Å². The zero-order chi connectivity index (χ0) is 18.1. The molecule has 1 amide bonds. The Morgan fingerprint density at radius 1 is 1.25 bits per heavy atom. The Labute approximate surface area is 141 Å². The number of alkyl halides is 2. The van der Waals surface area contributed by atoms with Crippen molar-refractivity contribution in [2.75, 3.05) is 34.7 Å². The minimum Gasteiger partial charge on any atom is -0.435 e. The van der Waals surface area contributed by atoms with E-state index in [0.29, 0.717) is 25.5 Å².